The standard InChI is InChI=1S/C17H33NO/c1-12-8-13(2)11-18(10-12)15-9-14(17(3,4)5)6-7-16(15)19/h12-16,19H,6-11H2,1-5H3. The Hall–Kier alpha value is -0.0800. The molecule has 2 aliphatic rings. The molecule has 1 heterocycles. The van der Waals surface area contributed by atoms with Gasteiger partial charge < -0.3 is 5.11 Å². The lowest BCUT2D eigenvalue weighted by molar-refractivity contribution is -0.0378. The van der Waals surface area contributed by atoms with E-state index in [0.29, 0.717) is 11.5 Å². The molecule has 1 aliphatic heterocycles. The van der Waals surface area contributed by atoms with E-state index in [0.717, 1.165) is 24.2 Å². The summed E-state index contributed by atoms with van der Waals surface area (Å²) in [4.78, 5) is 2.60. The van der Waals surface area contributed by atoms with E-state index in [4.69, 9.17) is 0 Å². The predicted molar refractivity (Wildman–Crippen MR) is 81.1 cm³/mol. The van der Waals surface area contributed by atoms with E-state index in [-0.39, 0.29) is 6.10 Å². The van der Waals surface area contributed by atoms with Crippen molar-refractivity contribution in [3.63, 3.8) is 0 Å². The van der Waals surface area contributed by atoms with Crippen molar-refractivity contribution in [1.29, 1.82) is 0 Å². The van der Waals surface area contributed by atoms with Crippen LogP contribution >= 0.6 is 0 Å². The summed E-state index contributed by atoms with van der Waals surface area (Å²) in [5, 5.41) is 10.4. The fourth-order valence-corrected chi connectivity index (χ4v) is 4.29. The summed E-state index contributed by atoms with van der Waals surface area (Å²) in [7, 11) is 0. The number of nitrogens with zero attached hydrogens (tertiary/aromatic N) is 1. The Labute approximate surface area is 119 Å². The average Bonchev–Trinajstić information content (AvgIpc) is 2.26. The predicted octanol–water partition coefficient (Wildman–Crippen LogP) is 3.54. The van der Waals surface area contributed by atoms with Crippen LogP contribution in [0.3, 0.4) is 0 Å². The van der Waals surface area contributed by atoms with Crippen LogP contribution in [-0.4, -0.2) is 35.2 Å². The molecule has 2 heteroatoms. The number of aliphatic hydroxyl groups is 1. The Morgan fingerprint density at radius 3 is 2.05 bits per heavy atom. The first-order valence-corrected chi connectivity index (χ1v) is 8.19. The highest BCUT2D eigenvalue weighted by atomic mass is 16.3. The molecule has 19 heavy (non-hydrogen) atoms. The molecule has 1 aliphatic carbocycles. The lowest BCUT2D eigenvalue weighted by Gasteiger charge is -2.47. The molecule has 0 amide bonds. The van der Waals surface area contributed by atoms with Gasteiger partial charge in [-0.15, -0.1) is 0 Å². The molecule has 2 fully saturated rings. The third-order valence-electron chi connectivity index (χ3n) is 5.37. The molecule has 0 aromatic carbocycles. The zero-order valence-corrected chi connectivity index (χ0v) is 13.5. The molecule has 0 aromatic rings. The van der Waals surface area contributed by atoms with E-state index in [1.807, 2.05) is 0 Å². The second-order valence-corrected chi connectivity index (χ2v) is 8.41. The van der Waals surface area contributed by atoms with Crippen molar-refractivity contribution in [3.05, 3.63) is 0 Å². The molecule has 1 saturated carbocycles. The largest absolute Gasteiger partial charge is 0.391 e. The van der Waals surface area contributed by atoms with E-state index in [9.17, 15) is 5.11 Å². The van der Waals surface area contributed by atoms with E-state index >= 15 is 0 Å². The molecule has 5 unspecified atom stereocenters. The summed E-state index contributed by atoms with van der Waals surface area (Å²) in [6.45, 7) is 14.2. The normalized spacial score (nSPS) is 42.3. The minimum Gasteiger partial charge on any atom is -0.391 e. The highest BCUT2D eigenvalue weighted by Crippen LogP contribution is 2.40. The van der Waals surface area contributed by atoms with Gasteiger partial charge in [0.2, 0.25) is 0 Å². The SMILES string of the molecule is CC1CC(C)CN(C2CC(C(C)(C)C)CCC2O)C1. The van der Waals surface area contributed by atoms with Crippen LogP contribution < -0.4 is 0 Å². The number of piperidine rings is 1. The topological polar surface area (TPSA) is 23.5 Å². The fraction of sp³-hybridized carbons (Fsp3) is 1.00. The molecule has 2 rings (SSSR count). The summed E-state index contributed by atoms with van der Waals surface area (Å²) < 4.78 is 0. The highest BCUT2D eigenvalue weighted by molar-refractivity contribution is 4.92. The molecule has 112 valence electrons. The van der Waals surface area contributed by atoms with Crippen molar-refractivity contribution >= 4 is 0 Å². The van der Waals surface area contributed by atoms with Gasteiger partial charge in [0.1, 0.15) is 0 Å². The van der Waals surface area contributed by atoms with E-state index < -0.39 is 0 Å². The Kier molecular flexibility index (Phi) is 4.62. The second kappa shape index (κ2) is 5.73. The molecular formula is C17H33NO. The zero-order chi connectivity index (χ0) is 14.2. The van der Waals surface area contributed by atoms with Gasteiger partial charge in [-0.25, -0.2) is 0 Å². The van der Waals surface area contributed by atoms with Crippen molar-refractivity contribution in [1.82, 2.24) is 4.90 Å². The van der Waals surface area contributed by atoms with Gasteiger partial charge in [-0.05, 0) is 48.9 Å². The van der Waals surface area contributed by atoms with Gasteiger partial charge in [-0.2, -0.15) is 0 Å². The van der Waals surface area contributed by atoms with Crippen molar-refractivity contribution < 1.29 is 5.11 Å². The summed E-state index contributed by atoms with van der Waals surface area (Å²) in [5.74, 6) is 2.32. The maximum Gasteiger partial charge on any atom is 0.0695 e. The van der Waals surface area contributed by atoms with Gasteiger partial charge in [0.05, 0.1) is 6.10 Å². The van der Waals surface area contributed by atoms with Crippen LogP contribution in [-0.2, 0) is 0 Å². The van der Waals surface area contributed by atoms with E-state index in [1.54, 1.807) is 0 Å². The molecule has 5 atom stereocenters. The van der Waals surface area contributed by atoms with Crippen molar-refractivity contribution in [3.8, 4) is 0 Å². The Morgan fingerprint density at radius 2 is 1.53 bits per heavy atom. The molecule has 2 nitrogen and oxygen atoms in total. The summed E-state index contributed by atoms with van der Waals surface area (Å²) in [6, 6.07) is 0.406. The van der Waals surface area contributed by atoms with Crippen LogP contribution in [0, 0.1) is 23.2 Å². The van der Waals surface area contributed by atoms with Crippen LogP contribution in [0.25, 0.3) is 0 Å². The third-order valence-corrected chi connectivity index (χ3v) is 5.37. The van der Waals surface area contributed by atoms with Crippen LogP contribution in [0.15, 0.2) is 0 Å². The molecule has 0 radical (unpaired) electrons. The van der Waals surface area contributed by atoms with Gasteiger partial charge in [0, 0.05) is 19.1 Å². The number of likely N-dealkylation sites (tertiary alicyclic amines) is 1. The van der Waals surface area contributed by atoms with E-state index in [2.05, 4.69) is 39.5 Å². The highest BCUT2D eigenvalue weighted by Gasteiger charge is 2.39. The Morgan fingerprint density at radius 1 is 0.947 bits per heavy atom. The molecule has 0 spiro atoms. The molecule has 0 bridgehead atoms. The second-order valence-electron chi connectivity index (χ2n) is 8.41. The number of hydrogen-bond acceptors (Lipinski definition) is 2. The lowest BCUT2D eigenvalue weighted by Crippen LogP contribution is -2.53. The fourth-order valence-electron chi connectivity index (χ4n) is 4.29. The first kappa shape index (κ1) is 15.3. The van der Waals surface area contributed by atoms with Gasteiger partial charge in [0.15, 0.2) is 0 Å². The maximum atomic E-state index is 10.4. The van der Waals surface area contributed by atoms with Gasteiger partial charge >= 0.3 is 0 Å². The smallest absolute Gasteiger partial charge is 0.0695 e. The molecule has 1 N–H and O–H groups in total. The van der Waals surface area contributed by atoms with Crippen LogP contribution in [0.5, 0.6) is 0 Å². The summed E-state index contributed by atoms with van der Waals surface area (Å²) in [5.41, 5.74) is 0.380. The van der Waals surface area contributed by atoms with Crippen molar-refractivity contribution in [2.75, 3.05) is 13.1 Å². The summed E-state index contributed by atoms with van der Waals surface area (Å²) in [6.07, 6.45) is 4.62. The Balaban J connectivity index is 2.04. The van der Waals surface area contributed by atoms with Crippen LogP contribution in [0.1, 0.15) is 60.3 Å². The minimum absolute atomic E-state index is 0.101. The zero-order valence-electron chi connectivity index (χ0n) is 13.5. The average molecular weight is 267 g/mol. The number of hydrogen-bond donors (Lipinski definition) is 1. The lowest BCUT2D eigenvalue weighted by atomic mass is 9.69. The first-order valence-electron chi connectivity index (χ1n) is 8.19. The summed E-state index contributed by atoms with van der Waals surface area (Å²) >= 11 is 0. The van der Waals surface area contributed by atoms with Gasteiger partial charge in [0.25, 0.3) is 0 Å². The van der Waals surface area contributed by atoms with Crippen LogP contribution in [0.2, 0.25) is 0 Å². The van der Waals surface area contributed by atoms with Crippen LogP contribution in [0.4, 0.5) is 0 Å². The third kappa shape index (κ3) is 3.72. The monoisotopic (exact) mass is 267 g/mol. The first-order chi connectivity index (χ1) is 8.77. The number of rotatable bonds is 1. The quantitative estimate of drug-likeness (QED) is 0.785. The Bertz CT molecular complexity index is 286. The molecule has 1 saturated heterocycles. The molecular weight excluding hydrogens is 234 g/mol. The molecule has 0 aromatic heterocycles. The van der Waals surface area contributed by atoms with Crippen molar-refractivity contribution in [2.45, 2.75) is 72.4 Å². The van der Waals surface area contributed by atoms with E-state index in [1.165, 1.54) is 32.4 Å². The minimum atomic E-state index is -0.101. The van der Waals surface area contributed by atoms with Gasteiger partial charge in [-0.1, -0.05) is 34.6 Å². The van der Waals surface area contributed by atoms with Crippen molar-refractivity contribution in [2.24, 2.45) is 23.2 Å². The van der Waals surface area contributed by atoms with Gasteiger partial charge in [-0.3, -0.25) is 4.90 Å². The number of aliphatic hydroxyl groups excluding tert-OH is 1. The maximum absolute atomic E-state index is 10.4.